The van der Waals surface area contributed by atoms with Gasteiger partial charge in [0.1, 0.15) is 0 Å². The van der Waals surface area contributed by atoms with E-state index in [1.807, 2.05) is 19.2 Å². The quantitative estimate of drug-likeness (QED) is 0.750. The van der Waals surface area contributed by atoms with Crippen molar-refractivity contribution < 1.29 is 8.42 Å². The second kappa shape index (κ2) is 6.73. The standard InChI is InChI=1S/C16H24N2O2S/c1-4-10-18(15-7-8-15)21(19,20)16-9-6-13(5-2)14(11-16)12-17-3/h4,6,9,11,15,17H,1,5,7-8,10,12H2,2-3H3. The van der Waals surface area contributed by atoms with Crippen molar-refractivity contribution in [1.29, 1.82) is 0 Å². The normalized spacial score (nSPS) is 15.4. The molecule has 4 nitrogen and oxygen atoms in total. The van der Waals surface area contributed by atoms with Crippen LogP contribution in [0.4, 0.5) is 0 Å². The van der Waals surface area contributed by atoms with Gasteiger partial charge in [-0.2, -0.15) is 4.31 Å². The summed E-state index contributed by atoms with van der Waals surface area (Å²) < 4.78 is 27.2. The minimum atomic E-state index is -3.43. The van der Waals surface area contributed by atoms with Crippen molar-refractivity contribution in [2.75, 3.05) is 13.6 Å². The van der Waals surface area contributed by atoms with E-state index in [0.29, 0.717) is 18.0 Å². The lowest BCUT2D eigenvalue weighted by Gasteiger charge is -2.21. The Morgan fingerprint density at radius 3 is 2.62 bits per heavy atom. The van der Waals surface area contributed by atoms with Gasteiger partial charge in [-0.3, -0.25) is 0 Å². The van der Waals surface area contributed by atoms with E-state index < -0.39 is 10.0 Å². The zero-order chi connectivity index (χ0) is 15.5. The minimum absolute atomic E-state index is 0.145. The van der Waals surface area contributed by atoms with Gasteiger partial charge in [0.15, 0.2) is 0 Å². The first-order chi connectivity index (χ1) is 10.0. The average Bonchev–Trinajstić information content (AvgIpc) is 3.29. The summed E-state index contributed by atoms with van der Waals surface area (Å²) >= 11 is 0. The maximum atomic E-state index is 12.8. The fourth-order valence-corrected chi connectivity index (χ4v) is 4.24. The lowest BCUT2D eigenvalue weighted by atomic mass is 10.1. The lowest BCUT2D eigenvalue weighted by Crippen LogP contribution is -2.33. The van der Waals surface area contributed by atoms with Crippen molar-refractivity contribution in [3.05, 3.63) is 42.0 Å². The van der Waals surface area contributed by atoms with Crippen LogP contribution in [0, 0.1) is 0 Å². The van der Waals surface area contributed by atoms with Gasteiger partial charge in [-0.25, -0.2) is 8.42 Å². The van der Waals surface area contributed by atoms with E-state index in [4.69, 9.17) is 0 Å². The van der Waals surface area contributed by atoms with Crippen LogP contribution < -0.4 is 5.32 Å². The molecule has 0 spiro atoms. The zero-order valence-corrected chi connectivity index (χ0v) is 13.6. The van der Waals surface area contributed by atoms with E-state index in [0.717, 1.165) is 24.8 Å². The first-order valence-corrected chi connectivity index (χ1v) is 8.87. The summed E-state index contributed by atoms with van der Waals surface area (Å²) in [4.78, 5) is 0.388. The molecule has 1 aliphatic rings. The van der Waals surface area contributed by atoms with Crippen molar-refractivity contribution in [3.63, 3.8) is 0 Å². The maximum absolute atomic E-state index is 12.8. The van der Waals surface area contributed by atoms with Gasteiger partial charge in [-0.1, -0.05) is 19.1 Å². The van der Waals surface area contributed by atoms with E-state index in [2.05, 4.69) is 18.8 Å². The van der Waals surface area contributed by atoms with Gasteiger partial charge >= 0.3 is 0 Å². The third-order valence-electron chi connectivity index (χ3n) is 3.80. The van der Waals surface area contributed by atoms with Gasteiger partial charge in [0, 0.05) is 19.1 Å². The number of benzene rings is 1. The highest BCUT2D eigenvalue weighted by Crippen LogP contribution is 2.32. The molecule has 0 bridgehead atoms. The van der Waals surface area contributed by atoms with Crippen molar-refractivity contribution in [1.82, 2.24) is 9.62 Å². The van der Waals surface area contributed by atoms with Gasteiger partial charge in [0.2, 0.25) is 10.0 Å². The number of aryl methyl sites for hydroxylation is 1. The van der Waals surface area contributed by atoms with Crippen molar-refractivity contribution in [2.24, 2.45) is 0 Å². The molecule has 5 heteroatoms. The average molecular weight is 308 g/mol. The SMILES string of the molecule is C=CCN(C1CC1)S(=O)(=O)c1ccc(CC)c(CNC)c1. The van der Waals surface area contributed by atoms with Crippen molar-refractivity contribution in [2.45, 2.75) is 43.7 Å². The van der Waals surface area contributed by atoms with Gasteiger partial charge in [0.25, 0.3) is 0 Å². The van der Waals surface area contributed by atoms with Crippen LogP contribution in [-0.4, -0.2) is 32.4 Å². The van der Waals surface area contributed by atoms with Crippen LogP contribution in [-0.2, 0) is 23.0 Å². The Morgan fingerprint density at radius 1 is 1.38 bits per heavy atom. The van der Waals surface area contributed by atoms with Crippen LogP contribution in [0.3, 0.4) is 0 Å². The molecule has 0 aromatic heterocycles. The van der Waals surface area contributed by atoms with Gasteiger partial charge in [-0.15, -0.1) is 6.58 Å². The second-order valence-electron chi connectivity index (χ2n) is 5.41. The highest BCUT2D eigenvalue weighted by molar-refractivity contribution is 7.89. The van der Waals surface area contributed by atoms with Gasteiger partial charge < -0.3 is 5.32 Å². The number of hydrogen-bond donors (Lipinski definition) is 1. The molecule has 0 heterocycles. The summed E-state index contributed by atoms with van der Waals surface area (Å²) in [5.74, 6) is 0. The van der Waals surface area contributed by atoms with Crippen LogP contribution in [0.5, 0.6) is 0 Å². The third-order valence-corrected chi connectivity index (χ3v) is 5.71. The molecule has 2 rings (SSSR count). The molecule has 1 aliphatic carbocycles. The molecule has 0 aliphatic heterocycles. The maximum Gasteiger partial charge on any atom is 0.243 e. The monoisotopic (exact) mass is 308 g/mol. The Hall–Kier alpha value is -1.17. The molecule has 0 amide bonds. The highest BCUT2D eigenvalue weighted by Gasteiger charge is 2.37. The summed E-state index contributed by atoms with van der Waals surface area (Å²) in [6, 6.07) is 5.61. The van der Waals surface area contributed by atoms with Crippen molar-refractivity contribution in [3.8, 4) is 0 Å². The number of hydrogen-bond acceptors (Lipinski definition) is 3. The molecular weight excluding hydrogens is 284 g/mol. The van der Waals surface area contributed by atoms with E-state index in [-0.39, 0.29) is 6.04 Å². The molecule has 0 atom stereocenters. The molecule has 0 saturated heterocycles. The first kappa shape index (κ1) is 16.2. The molecular formula is C16H24N2O2S. The summed E-state index contributed by atoms with van der Waals surface area (Å²) in [5.41, 5.74) is 2.24. The first-order valence-electron chi connectivity index (χ1n) is 7.43. The molecule has 21 heavy (non-hydrogen) atoms. The molecule has 1 aromatic carbocycles. The zero-order valence-electron chi connectivity index (χ0n) is 12.8. The molecule has 1 aromatic rings. The van der Waals surface area contributed by atoms with Crippen LogP contribution in [0.15, 0.2) is 35.7 Å². The smallest absolute Gasteiger partial charge is 0.243 e. The largest absolute Gasteiger partial charge is 0.316 e. The van der Waals surface area contributed by atoms with Crippen LogP contribution in [0.2, 0.25) is 0 Å². The summed E-state index contributed by atoms with van der Waals surface area (Å²) in [5, 5.41) is 3.10. The Balaban J connectivity index is 2.38. The Kier molecular flexibility index (Phi) is 5.19. The third kappa shape index (κ3) is 3.54. The fraction of sp³-hybridized carbons (Fsp3) is 0.500. The van der Waals surface area contributed by atoms with E-state index in [1.165, 1.54) is 5.56 Å². The number of nitrogens with zero attached hydrogens (tertiary/aromatic N) is 1. The van der Waals surface area contributed by atoms with Gasteiger partial charge in [-0.05, 0) is 49.6 Å². The van der Waals surface area contributed by atoms with E-state index in [9.17, 15) is 8.42 Å². The summed E-state index contributed by atoms with van der Waals surface area (Å²) in [6.07, 6.45) is 4.45. The Bertz CT molecular complexity index is 607. The summed E-state index contributed by atoms with van der Waals surface area (Å²) in [7, 11) is -1.56. The number of rotatable bonds is 8. The molecule has 1 saturated carbocycles. The molecule has 116 valence electrons. The molecule has 1 fully saturated rings. The minimum Gasteiger partial charge on any atom is -0.316 e. The summed E-state index contributed by atoms with van der Waals surface area (Å²) in [6.45, 7) is 6.81. The lowest BCUT2D eigenvalue weighted by molar-refractivity contribution is 0.436. The van der Waals surface area contributed by atoms with Gasteiger partial charge in [0.05, 0.1) is 4.90 Å². The topological polar surface area (TPSA) is 49.4 Å². The molecule has 1 N–H and O–H groups in total. The number of sulfonamides is 1. The fourth-order valence-electron chi connectivity index (χ4n) is 2.53. The molecule has 0 unspecified atom stereocenters. The Labute approximate surface area is 127 Å². The van der Waals surface area contributed by atoms with Crippen molar-refractivity contribution >= 4 is 10.0 Å². The molecule has 0 radical (unpaired) electrons. The van der Waals surface area contributed by atoms with Crippen LogP contribution >= 0.6 is 0 Å². The highest BCUT2D eigenvalue weighted by atomic mass is 32.2. The van der Waals surface area contributed by atoms with E-state index >= 15 is 0 Å². The second-order valence-corrected chi connectivity index (χ2v) is 7.30. The number of nitrogens with one attached hydrogen (secondary N) is 1. The van der Waals surface area contributed by atoms with E-state index in [1.54, 1.807) is 16.4 Å². The van der Waals surface area contributed by atoms with Crippen LogP contribution in [0.1, 0.15) is 30.9 Å². The predicted octanol–water partition coefficient (Wildman–Crippen LogP) is 2.31. The Morgan fingerprint density at radius 2 is 2.10 bits per heavy atom. The van der Waals surface area contributed by atoms with Crippen LogP contribution in [0.25, 0.3) is 0 Å². The predicted molar refractivity (Wildman–Crippen MR) is 85.7 cm³/mol.